The van der Waals surface area contributed by atoms with Gasteiger partial charge in [-0.25, -0.2) is 0 Å². The highest BCUT2D eigenvalue weighted by Gasteiger charge is 2.12. The largest absolute Gasteiger partial charge is 0.508 e. The van der Waals surface area contributed by atoms with Crippen LogP contribution in [0.3, 0.4) is 0 Å². The highest BCUT2D eigenvalue weighted by Crippen LogP contribution is 2.25. The predicted molar refractivity (Wildman–Crippen MR) is 77.4 cm³/mol. The molecule has 98 valence electrons. The Labute approximate surface area is 113 Å². The molecule has 0 bridgehead atoms. The standard InChI is InChI=1S/C16H18N2O/c1-16(2,3)12-4-6-13(7-5-12)17-18-14-8-10-15(19)11-9-14/h4-11,19H,1-3H3. The fourth-order valence-corrected chi connectivity index (χ4v) is 1.66. The number of phenolic OH excluding ortho intramolecular Hbond substituents is 1. The lowest BCUT2D eigenvalue weighted by molar-refractivity contribution is 0.475. The molecular weight excluding hydrogens is 236 g/mol. The van der Waals surface area contributed by atoms with Gasteiger partial charge in [-0.15, -0.1) is 0 Å². The zero-order valence-corrected chi connectivity index (χ0v) is 11.5. The summed E-state index contributed by atoms with van der Waals surface area (Å²) >= 11 is 0. The summed E-state index contributed by atoms with van der Waals surface area (Å²) < 4.78 is 0. The van der Waals surface area contributed by atoms with Crippen LogP contribution < -0.4 is 0 Å². The van der Waals surface area contributed by atoms with Gasteiger partial charge in [0, 0.05) is 0 Å². The molecule has 0 heterocycles. The fraction of sp³-hybridized carbons (Fsp3) is 0.250. The second-order valence-electron chi connectivity index (χ2n) is 5.51. The summed E-state index contributed by atoms with van der Waals surface area (Å²) in [6, 6.07) is 14.7. The molecule has 3 heteroatoms. The second kappa shape index (κ2) is 5.22. The molecule has 0 radical (unpaired) electrons. The van der Waals surface area contributed by atoms with Crippen LogP contribution in [0.5, 0.6) is 5.75 Å². The molecule has 0 aliphatic heterocycles. The Hall–Kier alpha value is -2.16. The number of azo groups is 1. The van der Waals surface area contributed by atoms with Crippen LogP contribution in [0.15, 0.2) is 58.8 Å². The predicted octanol–water partition coefficient (Wildman–Crippen LogP) is 5.11. The van der Waals surface area contributed by atoms with Crippen molar-refractivity contribution in [1.82, 2.24) is 0 Å². The monoisotopic (exact) mass is 254 g/mol. The van der Waals surface area contributed by atoms with Gasteiger partial charge in [0.15, 0.2) is 0 Å². The van der Waals surface area contributed by atoms with Crippen molar-refractivity contribution in [1.29, 1.82) is 0 Å². The Kier molecular flexibility index (Phi) is 3.65. The van der Waals surface area contributed by atoms with Crippen molar-refractivity contribution >= 4 is 11.4 Å². The molecule has 0 aliphatic rings. The van der Waals surface area contributed by atoms with Crippen LogP contribution in [-0.4, -0.2) is 5.11 Å². The first kappa shape index (κ1) is 13.3. The van der Waals surface area contributed by atoms with Gasteiger partial charge < -0.3 is 5.11 Å². The maximum Gasteiger partial charge on any atom is 0.115 e. The van der Waals surface area contributed by atoms with Gasteiger partial charge in [-0.2, -0.15) is 10.2 Å². The van der Waals surface area contributed by atoms with Gasteiger partial charge in [0.2, 0.25) is 0 Å². The van der Waals surface area contributed by atoms with Gasteiger partial charge in [0.05, 0.1) is 11.4 Å². The molecule has 2 rings (SSSR count). The molecule has 1 N–H and O–H groups in total. The van der Waals surface area contributed by atoms with E-state index < -0.39 is 0 Å². The van der Waals surface area contributed by atoms with E-state index in [2.05, 4.69) is 43.1 Å². The average Bonchev–Trinajstić information content (AvgIpc) is 2.37. The molecule has 0 aliphatic carbocycles. The van der Waals surface area contributed by atoms with Crippen LogP contribution in [0.2, 0.25) is 0 Å². The Morgan fingerprint density at radius 1 is 0.737 bits per heavy atom. The van der Waals surface area contributed by atoms with E-state index in [1.165, 1.54) is 5.56 Å². The van der Waals surface area contributed by atoms with Crippen molar-refractivity contribution in [2.75, 3.05) is 0 Å². The smallest absolute Gasteiger partial charge is 0.115 e. The van der Waals surface area contributed by atoms with Crippen molar-refractivity contribution in [2.45, 2.75) is 26.2 Å². The van der Waals surface area contributed by atoms with Crippen molar-refractivity contribution in [3.63, 3.8) is 0 Å². The lowest BCUT2D eigenvalue weighted by atomic mass is 9.87. The van der Waals surface area contributed by atoms with E-state index in [0.29, 0.717) is 0 Å². The quantitative estimate of drug-likeness (QED) is 0.744. The van der Waals surface area contributed by atoms with Crippen molar-refractivity contribution in [3.8, 4) is 5.75 Å². The van der Waals surface area contributed by atoms with Crippen LogP contribution in [0.25, 0.3) is 0 Å². The first-order valence-electron chi connectivity index (χ1n) is 6.26. The Bertz CT molecular complexity index is 563. The molecule has 0 amide bonds. The fourth-order valence-electron chi connectivity index (χ4n) is 1.66. The number of hydrogen-bond acceptors (Lipinski definition) is 3. The van der Waals surface area contributed by atoms with E-state index in [9.17, 15) is 5.11 Å². The summed E-state index contributed by atoms with van der Waals surface area (Å²) in [6.07, 6.45) is 0. The normalized spacial score (nSPS) is 11.9. The Morgan fingerprint density at radius 3 is 1.58 bits per heavy atom. The molecule has 19 heavy (non-hydrogen) atoms. The number of hydrogen-bond donors (Lipinski definition) is 1. The third kappa shape index (κ3) is 3.65. The number of benzene rings is 2. The molecule has 0 unspecified atom stereocenters. The molecule has 3 nitrogen and oxygen atoms in total. The lowest BCUT2D eigenvalue weighted by Crippen LogP contribution is -2.10. The third-order valence-electron chi connectivity index (χ3n) is 2.86. The van der Waals surface area contributed by atoms with E-state index in [4.69, 9.17) is 0 Å². The minimum atomic E-state index is 0.145. The van der Waals surface area contributed by atoms with E-state index in [1.54, 1.807) is 24.3 Å². The molecule has 2 aromatic rings. The lowest BCUT2D eigenvalue weighted by Gasteiger charge is -2.18. The van der Waals surface area contributed by atoms with Crippen molar-refractivity contribution in [2.24, 2.45) is 10.2 Å². The molecule has 0 saturated heterocycles. The molecule has 0 aromatic heterocycles. The summed E-state index contributed by atoms with van der Waals surface area (Å²) in [6.45, 7) is 6.54. The molecule has 0 spiro atoms. The summed E-state index contributed by atoms with van der Waals surface area (Å²) in [5.74, 6) is 0.230. The molecule has 2 aromatic carbocycles. The first-order chi connectivity index (χ1) is 8.95. The zero-order valence-electron chi connectivity index (χ0n) is 11.5. The van der Waals surface area contributed by atoms with Gasteiger partial charge in [0.25, 0.3) is 0 Å². The topological polar surface area (TPSA) is 45.0 Å². The van der Waals surface area contributed by atoms with Gasteiger partial charge in [-0.1, -0.05) is 32.9 Å². The highest BCUT2D eigenvalue weighted by molar-refractivity contribution is 5.43. The maximum atomic E-state index is 9.18. The van der Waals surface area contributed by atoms with Gasteiger partial charge in [-0.3, -0.25) is 0 Å². The summed E-state index contributed by atoms with van der Waals surface area (Å²) in [5, 5.41) is 17.5. The van der Waals surface area contributed by atoms with Crippen LogP contribution in [0.4, 0.5) is 11.4 Å². The Morgan fingerprint density at radius 2 is 1.16 bits per heavy atom. The van der Waals surface area contributed by atoms with E-state index >= 15 is 0 Å². The third-order valence-corrected chi connectivity index (χ3v) is 2.86. The molecular formula is C16H18N2O. The van der Waals surface area contributed by atoms with Crippen molar-refractivity contribution < 1.29 is 5.11 Å². The van der Waals surface area contributed by atoms with Crippen LogP contribution in [0.1, 0.15) is 26.3 Å². The number of aromatic hydroxyl groups is 1. The molecule has 0 atom stereocenters. The number of phenols is 1. The summed E-state index contributed by atoms with van der Waals surface area (Å²) in [5.41, 5.74) is 2.96. The zero-order chi connectivity index (χ0) is 13.9. The molecule has 0 saturated carbocycles. The van der Waals surface area contributed by atoms with Crippen molar-refractivity contribution in [3.05, 3.63) is 54.1 Å². The van der Waals surface area contributed by atoms with Gasteiger partial charge in [-0.05, 0) is 47.4 Å². The average molecular weight is 254 g/mol. The van der Waals surface area contributed by atoms with Crippen LogP contribution in [-0.2, 0) is 5.41 Å². The second-order valence-corrected chi connectivity index (χ2v) is 5.51. The first-order valence-corrected chi connectivity index (χ1v) is 6.26. The minimum absolute atomic E-state index is 0.145. The summed E-state index contributed by atoms with van der Waals surface area (Å²) in [7, 11) is 0. The SMILES string of the molecule is CC(C)(C)c1ccc(N=Nc2ccc(O)cc2)cc1. The van der Waals surface area contributed by atoms with Gasteiger partial charge in [0.1, 0.15) is 5.75 Å². The van der Waals surface area contributed by atoms with Crippen LogP contribution in [0, 0.1) is 0 Å². The maximum absolute atomic E-state index is 9.18. The van der Waals surface area contributed by atoms with E-state index in [-0.39, 0.29) is 11.2 Å². The molecule has 0 fully saturated rings. The van der Waals surface area contributed by atoms with E-state index in [0.717, 1.165) is 11.4 Å². The number of nitrogens with zero attached hydrogens (tertiary/aromatic N) is 2. The Balaban J connectivity index is 2.13. The summed E-state index contributed by atoms with van der Waals surface area (Å²) in [4.78, 5) is 0. The van der Waals surface area contributed by atoms with Gasteiger partial charge >= 0.3 is 0 Å². The number of rotatable bonds is 2. The highest BCUT2D eigenvalue weighted by atomic mass is 16.3. The van der Waals surface area contributed by atoms with Crippen LogP contribution >= 0.6 is 0 Å². The minimum Gasteiger partial charge on any atom is -0.508 e. The van der Waals surface area contributed by atoms with E-state index in [1.807, 2.05) is 12.1 Å².